The Balaban J connectivity index is 1.18. The molecule has 70 heavy (non-hydrogen) atoms. The second-order valence-corrected chi connectivity index (χ2v) is 28.1. The molecular weight excluding hydrogens is 864 g/mol. The van der Waals surface area contributed by atoms with Gasteiger partial charge in [-0.3, -0.25) is 0 Å². The van der Waals surface area contributed by atoms with E-state index in [0.717, 1.165) is 0 Å². The molecule has 0 amide bonds. The molecule has 0 radical (unpaired) electrons. The smallest absolute Gasteiger partial charge is 0.264 e. The second kappa shape index (κ2) is 14.8. The Labute approximate surface area is 425 Å². The maximum atomic E-state index is 2.73. The second-order valence-electron chi connectivity index (χ2n) is 27.1. The Hall–Kier alpha value is -5.06. The Kier molecular flexibility index (Phi) is 9.72. The van der Waals surface area contributed by atoms with Crippen molar-refractivity contribution in [3.8, 4) is 0 Å². The molecule has 2 aliphatic heterocycles. The van der Waals surface area contributed by atoms with Crippen LogP contribution >= 0.6 is 11.3 Å². The molecule has 0 N–H and O–H groups in total. The summed E-state index contributed by atoms with van der Waals surface area (Å²) >= 11 is 2.08. The molecule has 3 heterocycles. The summed E-state index contributed by atoms with van der Waals surface area (Å²) in [5.74, 6) is 0. The average Bonchev–Trinajstić information content (AvgIpc) is 3.68. The minimum absolute atomic E-state index is 0.0670. The topological polar surface area (TPSA) is 6.48 Å². The van der Waals surface area contributed by atoms with Crippen LogP contribution in [0.25, 0.3) is 10.1 Å². The minimum atomic E-state index is -0.142. The summed E-state index contributed by atoms with van der Waals surface area (Å²) in [5.41, 5.74) is 24.3. The highest BCUT2D eigenvalue weighted by Crippen LogP contribution is 2.55. The average molecular weight is 939 g/mol. The molecule has 12 rings (SSSR count). The lowest BCUT2D eigenvalue weighted by Crippen LogP contribution is -2.61. The van der Waals surface area contributed by atoms with Crippen molar-refractivity contribution in [2.45, 2.75) is 180 Å². The number of aryl methyl sites for hydroxylation is 1. The van der Waals surface area contributed by atoms with Gasteiger partial charge in [-0.05, 0) is 194 Å². The molecule has 0 bridgehead atoms. The molecule has 0 saturated heterocycles. The molecule has 0 saturated carbocycles. The predicted molar refractivity (Wildman–Crippen MR) is 305 cm³/mol. The van der Waals surface area contributed by atoms with Crippen molar-refractivity contribution in [1.82, 2.24) is 0 Å². The van der Waals surface area contributed by atoms with Gasteiger partial charge in [0.2, 0.25) is 0 Å². The largest absolute Gasteiger partial charge is 0.311 e. The molecule has 5 aliphatic rings. The maximum Gasteiger partial charge on any atom is 0.264 e. The predicted octanol–water partition coefficient (Wildman–Crippen LogP) is 16.7. The van der Waals surface area contributed by atoms with Crippen LogP contribution < -0.4 is 25.5 Å². The SMILES string of the molecule is Cc1cc2c3c(c1)N(c1ccc(C(C)(C)c4ccccc4)cc1)c1c(sc4cc5c(cc14)C(C)(C)CCC5(C)C)B3c1cc3c(cc1N2c1ccc2c(c1)C(C)(C)CCC2(C)C)C(C)(C)CCC3(C)C. The summed E-state index contributed by atoms with van der Waals surface area (Å²) in [4.78, 5) is 5.43. The highest BCUT2D eigenvalue weighted by Gasteiger charge is 2.49. The highest BCUT2D eigenvalue weighted by atomic mass is 32.1. The maximum absolute atomic E-state index is 2.73. The first-order chi connectivity index (χ1) is 32.8. The zero-order valence-electron chi connectivity index (χ0n) is 45.0. The van der Waals surface area contributed by atoms with E-state index in [1.54, 1.807) is 0 Å². The summed E-state index contributed by atoms with van der Waals surface area (Å²) in [6.45, 7) is 37.0. The number of fused-ring (bicyclic) bond motifs is 9. The number of anilines is 6. The summed E-state index contributed by atoms with van der Waals surface area (Å²) < 4.78 is 2.89. The van der Waals surface area contributed by atoms with Crippen molar-refractivity contribution in [3.63, 3.8) is 0 Å². The molecule has 0 spiro atoms. The number of hydrogen-bond acceptors (Lipinski definition) is 3. The van der Waals surface area contributed by atoms with Gasteiger partial charge in [0.15, 0.2) is 0 Å². The molecule has 3 aliphatic carbocycles. The lowest BCUT2D eigenvalue weighted by Gasteiger charge is -2.47. The molecule has 7 aromatic rings. The van der Waals surface area contributed by atoms with Crippen molar-refractivity contribution in [3.05, 3.63) is 159 Å². The Bertz CT molecular complexity index is 3320. The van der Waals surface area contributed by atoms with E-state index in [1.165, 1.54) is 149 Å². The van der Waals surface area contributed by atoms with E-state index in [9.17, 15) is 0 Å². The normalized spacial score (nSPS) is 20.5. The van der Waals surface area contributed by atoms with Crippen molar-refractivity contribution < 1.29 is 0 Å². The van der Waals surface area contributed by atoms with Gasteiger partial charge in [-0.1, -0.05) is 152 Å². The zero-order valence-corrected chi connectivity index (χ0v) is 45.8. The van der Waals surface area contributed by atoms with E-state index in [-0.39, 0.29) is 44.6 Å². The molecule has 2 nitrogen and oxygen atoms in total. The van der Waals surface area contributed by atoms with E-state index < -0.39 is 0 Å². The first-order valence-electron chi connectivity index (χ1n) is 26.7. The van der Waals surface area contributed by atoms with Gasteiger partial charge in [-0.2, -0.15) is 0 Å². The van der Waals surface area contributed by atoms with Crippen LogP contribution in [-0.4, -0.2) is 6.71 Å². The first kappa shape index (κ1) is 46.0. The molecule has 1 aromatic heterocycles. The van der Waals surface area contributed by atoms with Gasteiger partial charge in [-0.25, -0.2) is 0 Å². The van der Waals surface area contributed by atoms with Gasteiger partial charge in [-0.15, -0.1) is 11.3 Å². The third kappa shape index (κ3) is 6.62. The Morgan fingerprint density at radius 3 is 1.51 bits per heavy atom. The molecule has 0 unspecified atom stereocenters. The molecule has 0 atom stereocenters. The Morgan fingerprint density at radius 2 is 0.929 bits per heavy atom. The lowest BCUT2D eigenvalue weighted by atomic mass is 9.35. The number of benzene rings is 6. The quantitative estimate of drug-likeness (QED) is 0.162. The van der Waals surface area contributed by atoms with Crippen LogP contribution in [0, 0.1) is 6.92 Å². The van der Waals surface area contributed by atoms with E-state index in [4.69, 9.17) is 0 Å². The van der Waals surface area contributed by atoms with Crippen LogP contribution in [0.1, 0.15) is 186 Å². The third-order valence-corrected chi connectivity index (χ3v) is 20.4. The van der Waals surface area contributed by atoms with Gasteiger partial charge in [0.1, 0.15) is 0 Å². The molecular formula is C66H75BN2S. The Morgan fingerprint density at radius 1 is 0.457 bits per heavy atom. The van der Waals surface area contributed by atoms with Crippen LogP contribution in [0.2, 0.25) is 0 Å². The van der Waals surface area contributed by atoms with Crippen LogP contribution in [0.4, 0.5) is 34.1 Å². The van der Waals surface area contributed by atoms with E-state index in [2.05, 4.69) is 234 Å². The van der Waals surface area contributed by atoms with Crippen LogP contribution in [0.15, 0.2) is 109 Å². The number of hydrogen-bond donors (Lipinski definition) is 0. The summed E-state index contributed by atoms with van der Waals surface area (Å²) in [7, 11) is 0. The van der Waals surface area contributed by atoms with Crippen LogP contribution in [-0.2, 0) is 37.9 Å². The molecule has 6 aromatic carbocycles. The number of thiophene rings is 1. The summed E-state index contributed by atoms with van der Waals surface area (Å²) in [6, 6.07) is 44.0. The van der Waals surface area contributed by atoms with E-state index in [1.807, 2.05) is 0 Å². The van der Waals surface area contributed by atoms with Gasteiger partial charge in [0.25, 0.3) is 6.71 Å². The third-order valence-electron chi connectivity index (χ3n) is 19.2. The first-order valence-corrected chi connectivity index (χ1v) is 27.5. The number of nitrogens with zero attached hydrogens (tertiary/aromatic N) is 2. The minimum Gasteiger partial charge on any atom is -0.311 e. The molecule has 0 fully saturated rings. The zero-order chi connectivity index (χ0) is 49.5. The van der Waals surface area contributed by atoms with E-state index >= 15 is 0 Å². The van der Waals surface area contributed by atoms with Crippen molar-refractivity contribution in [2.75, 3.05) is 9.80 Å². The highest BCUT2D eigenvalue weighted by molar-refractivity contribution is 7.33. The fourth-order valence-corrected chi connectivity index (χ4v) is 15.4. The number of rotatable bonds is 4. The molecule has 4 heteroatoms. The van der Waals surface area contributed by atoms with Gasteiger partial charge >= 0.3 is 0 Å². The summed E-state index contributed by atoms with van der Waals surface area (Å²) in [5, 5.41) is 1.40. The van der Waals surface area contributed by atoms with E-state index in [0.29, 0.717) is 0 Å². The van der Waals surface area contributed by atoms with Crippen molar-refractivity contribution >= 4 is 78.0 Å². The van der Waals surface area contributed by atoms with Crippen molar-refractivity contribution in [1.29, 1.82) is 0 Å². The van der Waals surface area contributed by atoms with Gasteiger partial charge in [0, 0.05) is 48.7 Å². The molecule has 358 valence electrons. The van der Waals surface area contributed by atoms with Crippen molar-refractivity contribution in [2.24, 2.45) is 0 Å². The lowest BCUT2D eigenvalue weighted by molar-refractivity contribution is 0.332. The van der Waals surface area contributed by atoms with Gasteiger partial charge in [0.05, 0.1) is 5.69 Å². The van der Waals surface area contributed by atoms with Crippen LogP contribution in [0.5, 0.6) is 0 Å². The van der Waals surface area contributed by atoms with Gasteiger partial charge < -0.3 is 9.80 Å². The standard InChI is InChI=1S/C66H75BN2S/c1-40-33-54-57-55(34-40)69(43-23-21-42(22-24-43)66(14,15)41-19-17-16-18-20-41)58-45-36-48-51(65(12,13)32-29-62(48,6)7)39-56(45)70-59(58)67(57)52-37-49-50(64(10,11)31-30-63(49,8)9)38-53(52)68(54)44-25-26-46-47(35-44)61(4,5)28-27-60(46,2)3/h16-26,33-39H,27-32H2,1-15H3. The monoisotopic (exact) mass is 939 g/mol. The van der Waals surface area contributed by atoms with Crippen LogP contribution in [0.3, 0.4) is 0 Å². The summed E-state index contributed by atoms with van der Waals surface area (Å²) in [6.07, 6.45) is 7.17. The fourth-order valence-electron chi connectivity index (χ4n) is 14.0. The fraction of sp³-hybridized carbons (Fsp3) is 0.424.